The van der Waals surface area contributed by atoms with Crippen molar-refractivity contribution >= 4 is 35.0 Å². The molecule has 9 nitrogen and oxygen atoms in total. The molecule has 1 aromatic heterocycles. The summed E-state index contributed by atoms with van der Waals surface area (Å²) in [5, 5.41) is 10.1. The van der Waals surface area contributed by atoms with Gasteiger partial charge in [-0.3, -0.25) is 9.36 Å². The third kappa shape index (κ3) is 7.28. The number of aromatic nitrogens is 3. The number of methoxy groups -OCH3 is 1. The van der Waals surface area contributed by atoms with E-state index in [1.165, 1.54) is 4.57 Å². The molecule has 0 aliphatic heterocycles. The van der Waals surface area contributed by atoms with Crippen molar-refractivity contribution in [1.82, 2.24) is 14.8 Å². The number of thioether (sulfide) groups is 1. The van der Waals surface area contributed by atoms with Gasteiger partial charge in [0.1, 0.15) is 11.5 Å². The molecule has 0 radical (unpaired) electrons. The lowest BCUT2D eigenvalue weighted by molar-refractivity contribution is -0.113. The fourth-order valence-corrected chi connectivity index (χ4v) is 3.83. The van der Waals surface area contributed by atoms with Gasteiger partial charge in [-0.15, -0.1) is 5.10 Å². The molecule has 1 heterocycles. The van der Waals surface area contributed by atoms with E-state index in [0.29, 0.717) is 53.5 Å². The van der Waals surface area contributed by atoms with E-state index < -0.39 is 0 Å². The van der Waals surface area contributed by atoms with Crippen molar-refractivity contribution < 1.29 is 19.0 Å². The Labute approximate surface area is 200 Å². The number of carbonyl (C=O) groups is 1. The van der Waals surface area contributed by atoms with Crippen LogP contribution in [0, 0.1) is 0 Å². The Hall–Kier alpha value is -2.95. The van der Waals surface area contributed by atoms with Gasteiger partial charge in [0, 0.05) is 25.3 Å². The van der Waals surface area contributed by atoms with Crippen molar-refractivity contribution in [1.29, 1.82) is 0 Å². The molecular weight excluding hydrogens is 468 g/mol. The number of nitrogens with zero attached hydrogens (tertiary/aromatic N) is 2. The second-order valence-corrected chi connectivity index (χ2v) is 8.17. The lowest BCUT2D eigenvalue weighted by atomic mass is 10.2. The van der Waals surface area contributed by atoms with Crippen molar-refractivity contribution in [3.8, 4) is 17.2 Å². The van der Waals surface area contributed by atoms with Gasteiger partial charge in [-0.25, -0.2) is 9.89 Å². The fourth-order valence-electron chi connectivity index (χ4n) is 2.88. The zero-order valence-electron chi connectivity index (χ0n) is 18.3. The van der Waals surface area contributed by atoms with Crippen LogP contribution < -0.4 is 20.5 Å². The smallest absolute Gasteiger partial charge is 0.343 e. The lowest BCUT2D eigenvalue weighted by Gasteiger charge is -2.13. The summed E-state index contributed by atoms with van der Waals surface area (Å²) in [7, 11) is 1.60. The topological polar surface area (TPSA) is 107 Å². The first-order valence-electron chi connectivity index (χ1n) is 10.3. The minimum atomic E-state index is -0.324. The highest BCUT2D eigenvalue weighted by Gasteiger charge is 2.14. The second-order valence-electron chi connectivity index (χ2n) is 6.79. The number of hydrogen-bond acceptors (Lipinski definition) is 7. The number of carbonyl (C=O) groups excluding carboxylic acids is 1. The number of rotatable bonds is 12. The molecule has 176 valence electrons. The maximum Gasteiger partial charge on any atom is 0.343 e. The standard InChI is InChI=1S/C22H25ClN4O5S/c1-3-31-16-6-8-17(9-7-16)32-19-10-5-15(23)13-18(19)24-20(28)14-33-22-26-25-21(29)27(22)11-4-12-30-2/h5-10,13H,3-4,11-12,14H2,1-2H3,(H,24,28)(H,25,29). The van der Waals surface area contributed by atoms with Crippen LogP contribution in [0.25, 0.3) is 0 Å². The van der Waals surface area contributed by atoms with E-state index in [-0.39, 0.29) is 17.3 Å². The Morgan fingerprint density at radius 2 is 1.97 bits per heavy atom. The summed E-state index contributed by atoms with van der Waals surface area (Å²) in [6.07, 6.45) is 0.657. The third-order valence-electron chi connectivity index (χ3n) is 4.36. The van der Waals surface area contributed by atoms with Crippen LogP contribution in [0.2, 0.25) is 5.02 Å². The molecule has 3 aromatic rings. The number of amides is 1. The van der Waals surface area contributed by atoms with Gasteiger partial charge in [-0.2, -0.15) is 0 Å². The van der Waals surface area contributed by atoms with E-state index in [0.717, 1.165) is 17.5 Å². The molecule has 0 spiro atoms. The van der Waals surface area contributed by atoms with E-state index in [9.17, 15) is 9.59 Å². The molecule has 2 aromatic carbocycles. The van der Waals surface area contributed by atoms with Gasteiger partial charge in [0.05, 0.1) is 18.0 Å². The maximum atomic E-state index is 12.6. The van der Waals surface area contributed by atoms with Gasteiger partial charge in [0.25, 0.3) is 0 Å². The largest absolute Gasteiger partial charge is 0.494 e. The van der Waals surface area contributed by atoms with Gasteiger partial charge in [-0.1, -0.05) is 23.4 Å². The number of aromatic amines is 1. The quantitative estimate of drug-likeness (QED) is 0.288. The Bertz CT molecular complexity index is 1120. The highest BCUT2D eigenvalue weighted by molar-refractivity contribution is 7.99. The predicted molar refractivity (Wildman–Crippen MR) is 128 cm³/mol. The third-order valence-corrected chi connectivity index (χ3v) is 5.58. The molecule has 0 saturated heterocycles. The minimum absolute atomic E-state index is 0.0452. The van der Waals surface area contributed by atoms with Gasteiger partial charge in [-0.05, 0) is 55.8 Å². The molecule has 0 bridgehead atoms. The van der Waals surface area contributed by atoms with Crippen LogP contribution in [0.5, 0.6) is 17.2 Å². The van der Waals surface area contributed by atoms with Crippen LogP contribution in [0.4, 0.5) is 5.69 Å². The van der Waals surface area contributed by atoms with Gasteiger partial charge in [0.2, 0.25) is 5.91 Å². The first kappa shape index (κ1) is 24.7. The van der Waals surface area contributed by atoms with Gasteiger partial charge < -0.3 is 19.5 Å². The van der Waals surface area contributed by atoms with Crippen molar-refractivity contribution in [2.75, 3.05) is 31.4 Å². The zero-order chi connectivity index (χ0) is 23.6. The van der Waals surface area contributed by atoms with E-state index in [1.54, 1.807) is 49.6 Å². The zero-order valence-corrected chi connectivity index (χ0v) is 19.9. The van der Waals surface area contributed by atoms with Crippen LogP contribution in [0.15, 0.2) is 52.4 Å². The van der Waals surface area contributed by atoms with Crippen molar-refractivity contribution in [2.45, 2.75) is 25.0 Å². The normalized spacial score (nSPS) is 10.8. The summed E-state index contributed by atoms with van der Waals surface area (Å²) in [6, 6.07) is 12.1. The number of halogens is 1. The molecule has 33 heavy (non-hydrogen) atoms. The second kappa shape index (κ2) is 12.3. The highest BCUT2D eigenvalue weighted by atomic mass is 35.5. The summed E-state index contributed by atoms with van der Waals surface area (Å²) >= 11 is 7.28. The SMILES string of the molecule is CCOc1ccc(Oc2ccc(Cl)cc2NC(=O)CSc2n[nH]c(=O)n2CCCOC)cc1. The van der Waals surface area contributed by atoms with Crippen LogP contribution in [-0.2, 0) is 16.1 Å². The predicted octanol–water partition coefficient (Wildman–Crippen LogP) is 4.18. The summed E-state index contributed by atoms with van der Waals surface area (Å²) < 4.78 is 17.9. The first-order valence-corrected chi connectivity index (χ1v) is 11.6. The number of benzene rings is 2. The molecular formula is C22H25ClN4O5S. The number of H-pyrrole nitrogens is 1. The monoisotopic (exact) mass is 492 g/mol. The average Bonchev–Trinajstić information content (AvgIpc) is 3.15. The molecule has 0 unspecified atom stereocenters. The summed E-state index contributed by atoms with van der Waals surface area (Å²) in [6.45, 7) is 3.46. The molecule has 0 fully saturated rings. The Kier molecular flexibility index (Phi) is 9.23. The Balaban J connectivity index is 1.64. The minimum Gasteiger partial charge on any atom is -0.494 e. The van der Waals surface area contributed by atoms with Crippen molar-refractivity contribution in [3.63, 3.8) is 0 Å². The molecule has 11 heteroatoms. The van der Waals surface area contributed by atoms with Gasteiger partial charge in [0.15, 0.2) is 10.9 Å². The van der Waals surface area contributed by atoms with Crippen LogP contribution >= 0.6 is 23.4 Å². The highest BCUT2D eigenvalue weighted by Crippen LogP contribution is 2.33. The van der Waals surface area contributed by atoms with Crippen LogP contribution in [0.1, 0.15) is 13.3 Å². The van der Waals surface area contributed by atoms with E-state index in [4.69, 9.17) is 25.8 Å². The number of anilines is 1. The Morgan fingerprint density at radius 3 is 2.70 bits per heavy atom. The van der Waals surface area contributed by atoms with Crippen molar-refractivity contribution in [2.24, 2.45) is 0 Å². The number of ether oxygens (including phenoxy) is 3. The number of hydrogen-bond donors (Lipinski definition) is 2. The molecule has 1 amide bonds. The lowest BCUT2D eigenvalue weighted by Crippen LogP contribution is -2.19. The molecule has 0 aliphatic rings. The van der Waals surface area contributed by atoms with E-state index in [1.807, 2.05) is 6.92 Å². The summed E-state index contributed by atoms with van der Waals surface area (Å²) in [5.41, 5.74) is 0.108. The molecule has 0 aliphatic carbocycles. The molecule has 0 atom stereocenters. The fraction of sp³-hybridized carbons (Fsp3) is 0.318. The molecule has 2 N–H and O–H groups in total. The van der Waals surface area contributed by atoms with Crippen LogP contribution in [0.3, 0.4) is 0 Å². The summed E-state index contributed by atoms with van der Waals surface area (Å²) in [5.74, 6) is 1.52. The van der Waals surface area contributed by atoms with Gasteiger partial charge >= 0.3 is 5.69 Å². The molecule has 0 saturated carbocycles. The van der Waals surface area contributed by atoms with E-state index >= 15 is 0 Å². The van der Waals surface area contributed by atoms with E-state index in [2.05, 4.69) is 15.5 Å². The summed E-state index contributed by atoms with van der Waals surface area (Å²) in [4.78, 5) is 24.5. The van der Waals surface area contributed by atoms with Crippen molar-refractivity contribution in [3.05, 3.63) is 58.0 Å². The first-order chi connectivity index (χ1) is 16.0. The maximum absolute atomic E-state index is 12.6. The Morgan fingerprint density at radius 1 is 1.21 bits per heavy atom. The average molecular weight is 493 g/mol. The van der Waals surface area contributed by atoms with Crippen LogP contribution in [-0.4, -0.2) is 46.7 Å². The number of nitrogens with one attached hydrogen (secondary N) is 2. The molecule has 3 rings (SSSR count).